The van der Waals surface area contributed by atoms with Crippen molar-refractivity contribution in [1.82, 2.24) is 0 Å². The van der Waals surface area contributed by atoms with Gasteiger partial charge in [-0.3, -0.25) is 0 Å². The molecule has 0 radical (unpaired) electrons. The third-order valence-electron chi connectivity index (χ3n) is 3.42. The van der Waals surface area contributed by atoms with Crippen LogP contribution in [0.2, 0.25) is 0 Å². The predicted octanol–water partition coefficient (Wildman–Crippen LogP) is -1.96. The van der Waals surface area contributed by atoms with Gasteiger partial charge in [0.15, 0.2) is 0 Å². The molecule has 11 heteroatoms. The number of hydrogen-bond donors (Lipinski definition) is 4. The maximum Gasteiger partial charge on any atom is 0.366 e. The van der Waals surface area contributed by atoms with Crippen LogP contribution in [0.15, 0.2) is 5.11 Å². The van der Waals surface area contributed by atoms with Gasteiger partial charge < -0.3 is 34.6 Å². The van der Waals surface area contributed by atoms with Crippen molar-refractivity contribution in [3.63, 3.8) is 0 Å². The number of carbonyl (C=O) groups is 1. The molecule has 1 saturated heterocycles. The van der Waals surface area contributed by atoms with Gasteiger partial charge in [-0.2, -0.15) is 0 Å². The lowest BCUT2D eigenvalue weighted by Crippen LogP contribution is -2.63. The van der Waals surface area contributed by atoms with Crippen LogP contribution in [-0.4, -0.2) is 83.5 Å². The van der Waals surface area contributed by atoms with Crippen molar-refractivity contribution in [2.75, 3.05) is 20.8 Å². The van der Waals surface area contributed by atoms with Crippen LogP contribution in [0.25, 0.3) is 10.4 Å². The minimum Gasteiger partial charge on any atom is -0.465 e. The van der Waals surface area contributed by atoms with E-state index in [-0.39, 0.29) is 0 Å². The van der Waals surface area contributed by atoms with Crippen LogP contribution in [0.3, 0.4) is 0 Å². The number of esters is 1. The van der Waals surface area contributed by atoms with Crippen molar-refractivity contribution in [2.24, 2.45) is 5.11 Å². The van der Waals surface area contributed by atoms with Gasteiger partial charge in [-0.05, 0) is 5.53 Å². The molecular formula is C11H19N3O8. The van der Waals surface area contributed by atoms with Crippen LogP contribution in [0, 0.1) is 0 Å². The highest BCUT2D eigenvalue weighted by Gasteiger charge is 2.55. The van der Waals surface area contributed by atoms with Crippen LogP contribution in [0.4, 0.5) is 0 Å². The molecule has 0 spiro atoms. The van der Waals surface area contributed by atoms with Crippen molar-refractivity contribution in [2.45, 2.75) is 42.7 Å². The monoisotopic (exact) mass is 321 g/mol. The summed E-state index contributed by atoms with van der Waals surface area (Å²) in [5.41, 5.74) is 8.19. The van der Waals surface area contributed by atoms with Gasteiger partial charge >= 0.3 is 5.97 Å². The summed E-state index contributed by atoms with van der Waals surface area (Å²) in [5, 5.41) is 42.6. The number of aliphatic hydroxyl groups is 4. The van der Waals surface area contributed by atoms with Crippen molar-refractivity contribution in [3.8, 4) is 0 Å². The molecule has 6 atom stereocenters. The average molecular weight is 321 g/mol. The lowest BCUT2D eigenvalue weighted by atomic mass is 9.90. The Morgan fingerprint density at radius 2 is 2.14 bits per heavy atom. The lowest BCUT2D eigenvalue weighted by molar-refractivity contribution is -0.320. The smallest absolute Gasteiger partial charge is 0.366 e. The normalized spacial score (nSPS) is 34.4. The molecule has 1 aliphatic rings. The first-order chi connectivity index (χ1) is 10.3. The molecule has 1 fully saturated rings. The summed E-state index contributed by atoms with van der Waals surface area (Å²) in [6.45, 7) is -0.488. The Hall–Kier alpha value is -1.46. The van der Waals surface area contributed by atoms with Crippen LogP contribution < -0.4 is 0 Å². The van der Waals surface area contributed by atoms with Gasteiger partial charge in [-0.25, -0.2) is 4.79 Å². The molecule has 0 aromatic rings. The first-order valence-electron chi connectivity index (χ1n) is 6.37. The Kier molecular flexibility index (Phi) is 6.50. The molecule has 1 heterocycles. The second-order valence-electron chi connectivity index (χ2n) is 4.76. The molecular weight excluding hydrogens is 302 g/mol. The fraction of sp³-hybridized carbons (Fsp3) is 0.909. The maximum atomic E-state index is 11.8. The Bertz CT molecular complexity index is 443. The number of nitrogens with zero attached hydrogens (tertiary/aromatic N) is 3. The second kappa shape index (κ2) is 7.70. The summed E-state index contributed by atoms with van der Waals surface area (Å²) in [6, 6.07) is 0. The third kappa shape index (κ3) is 3.65. The number of hydrogen-bond acceptors (Lipinski definition) is 9. The summed E-state index contributed by atoms with van der Waals surface area (Å²) in [5.74, 6) is -3.00. The molecule has 0 saturated carbocycles. The zero-order valence-corrected chi connectivity index (χ0v) is 12.1. The topological polar surface area (TPSA) is 174 Å². The zero-order valence-electron chi connectivity index (χ0n) is 12.1. The molecule has 1 aliphatic heterocycles. The summed E-state index contributed by atoms with van der Waals surface area (Å²) >= 11 is 0. The van der Waals surface area contributed by atoms with Gasteiger partial charge in [0.05, 0.1) is 25.9 Å². The fourth-order valence-corrected chi connectivity index (χ4v) is 2.17. The lowest BCUT2D eigenvalue weighted by Gasteiger charge is -2.44. The SMILES string of the molecule is COC(=O)[C@@]1(OC)C[C@H](O)[C@@H](O)[C@H]([C@H](O)[C@H](O)CN=[N+]=[N-])O1. The number of carbonyl (C=O) groups excluding carboxylic acids is 1. The molecule has 0 amide bonds. The molecule has 4 N–H and O–H groups in total. The number of azide groups is 1. The third-order valence-corrected chi connectivity index (χ3v) is 3.42. The van der Waals surface area contributed by atoms with Crippen LogP contribution in [-0.2, 0) is 19.0 Å². The minimum absolute atomic E-state index is 0.424. The van der Waals surface area contributed by atoms with E-state index < -0.39 is 55.2 Å². The molecule has 126 valence electrons. The molecule has 11 nitrogen and oxygen atoms in total. The van der Waals surface area contributed by atoms with Gasteiger partial charge in [0, 0.05) is 18.4 Å². The highest BCUT2D eigenvalue weighted by molar-refractivity contribution is 5.78. The molecule has 0 bridgehead atoms. The quantitative estimate of drug-likeness (QED) is 0.189. The second-order valence-corrected chi connectivity index (χ2v) is 4.76. The van der Waals surface area contributed by atoms with Crippen LogP contribution in [0.5, 0.6) is 0 Å². The van der Waals surface area contributed by atoms with E-state index in [0.29, 0.717) is 0 Å². The van der Waals surface area contributed by atoms with E-state index >= 15 is 0 Å². The van der Waals surface area contributed by atoms with E-state index in [1.165, 1.54) is 0 Å². The van der Waals surface area contributed by atoms with E-state index in [4.69, 9.17) is 15.0 Å². The van der Waals surface area contributed by atoms with Gasteiger partial charge in [0.25, 0.3) is 5.79 Å². The maximum absolute atomic E-state index is 11.8. The molecule has 0 aliphatic carbocycles. The summed E-state index contributed by atoms with van der Waals surface area (Å²) in [7, 11) is 2.20. The standard InChI is InChI=1S/C11H19N3O8/c1-20-10(19)11(21-2)3-5(15)7(17)9(22-11)8(18)6(16)4-13-14-12/h5-9,15-18H,3-4H2,1-2H3/t5-,6+,7+,8+,9+,11+/m0/s1. The summed E-state index contributed by atoms with van der Waals surface area (Å²) < 4.78 is 14.7. The van der Waals surface area contributed by atoms with E-state index in [1.807, 2.05) is 0 Å². The highest BCUT2D eigenvalue weighted by Crippen LogP contribution is 2.33. The number of aliphatic hydroxyl groups excluding tert-OH is 4. The molecule has 0 unspecified atom stereocenters. The summed E-state index contributed by atoms with van der Waals surface area (Å²) in [4.78, 5) is 14.2. The zero-order chi connectivity index (χ0) is 16.9. The minimum atomic E-state index is -2.03. The average Bonchev–Trinajstić information content (AvgIpc) is 2.53. The van der Waals surface area contributed by atoms with Crippen LogP contribution in [0.1, 0.15) is 6.42 Å². The number of ether oxygens (including phenoxy) is 3. The van der Waals surface area contributed by atoms with Crippen molar-refractivity contribution >= 4 is 5.97 Å². The van der Waals surface area contributed by atoms with Gasteiger partial charge in [0.1, 0.15) is 18.3 Å². The Balaban J connectivity index is 3.01. The molecule has 0 aromatic heterocycles. The van der Waals surface area contributed by atoms with Crippen molar-refractivity contribution in [3.05, 3.63) is 10.4 Å². The van der Waals surface area contributed by atoms with E-state index in [2.05, 4.69) is 14.8 Å². The largest absolute Gasteiger partial charge is 0.465 e. The highest BCUT2D eigenvalue weighted by atomic mass is 16.7. The first-order valence-corrected chi connectivity index (χ1v) is 6.37. The predicted molar refractivity (Wildman–Crippen MR) is 69.3 cm³/mol. The van der Waals surface area contributed by atoms with Gasteiger partial charge in [-0.15, -0.1) is 0 Å². The fourth-order valence-electron chi connectivity index (χ4n) is 2.17. The van der Waals surface area contributed by atoms with Gasteiger partial charge in [-0.1, -0.05) is 5.11 Å². The van der Waals surface area contributed by atoms with Crippen molar-refractivity contribution in [1.29, 1.82) is 0 Å². The van der Waals surface area contributed by atoms with E-state index in [1.54, 1.807) is 0 Å². The number of methoxy groups -OCH3 is 2. The summed E-state index contributed by atoms with van der Waals surface area (Å²) in [6.07, 6.45) is -8.37. The first kappa shape index (κ1) is 18.6. The Morgan fingerprint density at radius 1 is 1.50 bits per heavy atom. The van der Waals surface area contributed by atoms with Gasteiger partial charge in [0.2, 0.25) is 0 Å². The van der Waals surface area contributed by atoms with Crippen molar-refractivity contribution < 1.29 is 39.4 Å². The Morgan fingerprint density at radius 3 is 2.64 bits per heavy atom. The molecule has 0 aromatic carbocycles. The van der Waals surface area contributed by atoms with E-state index in [9.17, 15) is 25.2 Å². The number of rotatable bonds is 6. The van der Waals surface area contributed by atoms with Crippen LogP contribution >= 0.6 is 0 Å². The van der Waals surface area contributed by atoms with E-state index in [0.717, 1.165) is 14.2 Å². The Labute approximate surface area is 125 Å². The molecule has 1 rings (SSSR count). The molecule has 22 heavy (non-hydrogen) atoms.